The second-order valence-electron chi connectivity index (χ2n) is 9.66. The number of oxazole rings is 1. The van der Waals surface area contributed by atoms with Crippen LogP contribution in [0.15, 0.2) is 33.3 Å². The molecule has 0 spiro atoms. The first-order valence-corrected chi connectivity index (χ1v) is 12.3. The van der Waals surface area contributed by atoms with Crippen LogP contribution in [0.1, 0.15) is 80.4 Å². The van der Waals surface area contributed by atoms with Crippen molar-refractivity contribution < 1.29 is 23.6 Å². The van der Waals surface area contributed by atoms with Gasteiger partial charge in [-0.05, 0) is 62.1 Å². The third-order valence-corrected chi connectivity index (χ3v) is 6.33. The van der Waals surface area contributed by atoms with E-state index < -0.39 is 11.9 Å². The van der Waals surface area contributed by atoms with Gasteiger partial charge in [0.25, 0.3) is 5.89 Å². The number of hydrogen-bond donors (Lipinski definition) is 1. The Bertz CT molecular complexity index is 1210. The molecule has 4 rings (SSSR count). The average Bonchev–Trinajstić information content (AvgIpc) is 3.36. The molecule has 1 aliphatic rings. The molecule has 1 fully saturated rings. The Balaban J connectivity index is 1.60. The van der Waals surface area contributed by atoms with Crippen LogP contribution in [0, 0.1) is 12.8 Å². The van der Waals surface area contributed by atoms with E-state index in [9.17, 15) is 14.7 Å². The zero-order chi connectivity index (χ0) is 25.1. The molecule has 3 aromatic rings. The number of aromatic nitrogens is 2. The molecule has 0 unspecified atom stereocenters. The summed E-state index contributed by atoms with van der Waals surface area (Å²) in [4.78, 5) is 28.6. The van der Waals surface area contributed by atoms with Crippen LogP contribution in [0.4, 0.5) is 5.69 Å². The molecule has 2 heterocycles. The number of aliphatic carboxylic acids is 1. The second kappa shape index (κ2) is 10.6. The highest BCUT2D eigenvalue weighted by atomic mass is 35.5. The fourth-order valence-electron chi connectivity index (χ4n) is 4.21. The number of carboxylic acids is 1. The summed E-state index contributed by atoms with van der Waals surface area (Å²) in [5.41, 5.74) is 2.92. The number of rotatable bonds is 11. The number of amides is 1. The number of aryl methyl sites for hydroxylation is 1. The summed E-state index contributed by atoms with van der Waals surface area (Å²) in [6.45, 7) is 6.11. The molecule has 186 valence electrons. The maximum Gasteiger partial charge on any atom is 0.266 e. The number of nitrogens with one attached hydrogen (secondary N) is 1. The van der Waals surface area contributed by atoms with Gasteiger partial charge < -0.3 is 24.2 Å². The number of carboxylic acid groups (broad SMARTS) is 1. The maximum absolute atomic E-state index is 12.9. The van der Waals surface area contributed by atoms with Crippen molar-refractivity contribution in [3.63, 3.8) is 0 Å². The lowest BCUT2D eigenvalue weighted by atomic mass is 9.90. The molecule has 8 nitrogen and oxygen atoms in total. The van der Waals surface area contributed by atoms with Crippen LogP contribution in [0.3, 0.4) is 0 Å². The zero-order valence-corrected chi connectivity index (χ0v) is 20.9. The first-order chi connectivity index (χ1) is 16.7. The van der Waals surface area contributed by atoms with Gasteiger partial charge in [0.2, 0.25) is 11.7 Å². The van der Waals surface area contributed by atoms with Gasteiger partial charge in [0.15, 0.2) is 0 Å². The van der Waals surface area contributed by atoms with Gasteiger partial charge in [0.1, 0.15) is 5.76 Å². The van der Waals surface area contributed by atoms with Crippen LogP contribution < -0.4 is 10.4 Å². The average molecular weight is 499 g/mol. The summed E-state index contributed by atoms with van der Waals surface area (Å²) >= 11 is 6.26. The lowest BCUT2D eigenvalue weighted by Crippen LogP contribution is -2.24. The summed E-state index contributed by atoms with van der Waals surface area (Å²) in [7, 11) is 0. The predicted molar refractivity (Wildman–Crippen MR) is 129 cm³/mol. The van der Waals surface area contributed by atoms with Crippen LogP contribution in [0.25, 0.3) is 11.7 Å². The van der Waals surface area contributed by atoms with Crippen molar-refractivity contribution in [2.45, 2.75) is 71.1 Å². The minimum Gasteiger partial charge on any atom is -0.550 e. The van der Waals surface area contributed by atoms with Crippen LogP contribution in [-0.4, -0.2) is 22.0 Å². The summed E-state index contributed by atoms with van der Waals surface area (Å²) in [6, 6.07) is 5.37. The van der Waals surface area contributed by atoms with E-state index in [0.29, 0.717) is 34.0 Å². The minimum atomic E-state index is -1.18. The zero-order valence-electron chi connectivity index (χ0n) is 20.1. The normalized spacial score (nSPS) is 14.3. The number of carbonyl (C=O) groups is 2. The quantitative estimate of drug-likeness (QED) is 0.394. The number of benzene rings is 1. The van der Waals surface area contributed by atoms with Crippen molar-refractivity contribution in [2.24, 2.45) is 5.92 Å². The summed E-state index contributed by atoms with van der Waals surface area (Å²) in [6.07, 6.45) is 4.37. The van der Waals surface area contributed by atoms with Crippen molar-refractivity contribution in [2.75, 3.05) is 5.32 Å². The SMILES string of the molecule is Cc1ccc(NC(=O)C[C@H](CCC(=O)[O-])c2noc(-c3ncc(CC(C)C)o3)c2C2CC2)c(Cl)c1. The van der Waals surface area contributed by atoms with Gasteiger partial charge in [-0.1, -0.05) is 36.7 Å². The van der Waals surface area contributed by atoms with Crippen LogP contribution >= 0.6 is 11.6 Å². The molecule has 35 heavy (non-hydrogen) atoms. The number of carbonyl (C=O) groups excluding carboxylic acids is 2. The van der Waals surface area contributed by atoms with E-state index in [1.165, 1.54) is 0 Å². The van der Waals surface area contributed by atoms with E-state index in [0.717, 1.165) is 36.1 Å². The van der Waals surface area contributed by atoms with Crippen molar-refractivity contribution in [1.29, 1.82) is 0 Å². The highest BCUT2D eigenvalue weighted by molar-refractivity contribution is 6.33. The van der Waals surface area contributed by atoms with Crippen molar-refractivity contribution in [3.05, 3.63) is 52.0 Å². The van der Waals surface area contributed by atoms with Gasteiger partial charge in [0.05, 0.1) is 22.6 Å². The number of hydrogen-bond acceptors (Lipinski definition) is 7. The third-order valence-electron chi connectivity index (χ3n) is 6.01. The highest BCUT2D eigenvalue weighted by Gasteiger charge is 2.37. The van der Waals surface area contributed by atoms with Crippen LogP contribution in [0.5, 0.6) is 0 Å². The Hall–Kier alpha value is -3.13. The molecular weight excluding hydrogens is 470 g/mol. The van der Waals surface area contributed by atoms with Crippen LogP contribution in [0.2, 0.25) is 5.02 Å². The molecule has 1 amide bonds. The van der Waals surface area contributed by atoms with Gasteiger partial charge in [-0.2, -0.15) is 0 Å². The first-order valence-electron chi connectivity index (χ1n) is 11.9. The van der Waals surface area contributed by atoms with Crippen molar-refractivity contribution in [3.8, 4) is 11.7 Å². The maximum atomic E-state index is 12.9. The molecule has 1 aliphatic carbocycles. The Morgan fingerprint density at radius 2 is 2.06 bits per heavy atom. The molecule has 1 saturated carbocycles. The third kappa shape index (κ3) is 6.31. The molecule has 2 aromatic heterocycles. The Labute approximate surface area is 209 Å². The molecule has 0 bridgehead atoms. The minimum absolute atomic E-state index is 0.0212. The molecule has 0 aliphatic heterocycles. The standard InChI is InChI=1S/C26H30ClN3O5/c1-14(2)10-18-13-28-26(34-18)25-23(16-5-6-16)24(30-35-25)17(7-9-22(32)33)12-21(31)29-20-8-4-15(3)11-19(20)27/h4,8,11,13-14,16-17H,5-7,9-10,12H2,1-3H3,(H,29,31)(H,32,33)/p-1/t17-/m0/s1. The van der Waals surface area contributed by atoms with E-state index in [4.69, 9.17) is 20.5 Å². The molecular formula is C26H29ClN3O5-. The van der Waals surface area contributed by atoms with E-state index >= 15 is 0 Å². The molecule has 1 atom stereocenters. The number of anilines is 1. The monoisotopic (exact) mass is 498 g/mol. The van der Waals surface area contributed by atoms with Gasteiger partial charge >= 0.3 is 0 Å². The lowest BCUT2D eigenvalue weighted by Gasteiger charge is -2.17. The van der Waals surface area contributed by atoms with Gasteiger partial charge in [-0.3, -0.25) is 4.79 Å². The number of nitrogens with zero attached hydrogens (tertiary/aromatic N) is 2. The Morgan fingerprint density at radius 1 is 1.29 bits per heavy atom. The largest absolute Gasteiger partial charge is 0.550 e. The summed E-state index contributed by atoms with van der Waals surface area (Å²) in [5.74, 6) is 0.257. The van der Waals surface area contributed by atoms with Gasteiger partial charge in [-0.25, -0.2) is 4.98 Å². The highest BCUT2D eigenvalue weighted by Crippen LogP contribution is 2.48. The summed E-state index contributed by atoms with van der Waals surface area (Å²) < 4.78 is 11.6. The van der Waals surface area contributed by atoms with Crippen molar-refractivity contribution >= 4 is 29.2 Å². The molecule has 1 N–H and O–H groups in total. The molecule has 0 saturated heterocycles. The smallest absolute Gasteiger partial charge is 0.266 e. The fraction of sp³-hybridized carbons (Fsp3) is 0.462. The van der Waals surface area contributed by atoms with E-state index in [-0.39, 0.29) is 31.1 Å². The second-order valence-corrected chi connectivity index (χ2v) is 10.1. The summed E-state index contributed by atoms with van der Waals surface area (Å²) in [5, 5.41) is 18.8. The fourth-order valence-corrected chi connectivity index (χ4v) is 4.49. The lowest BCUT2D eigenvalue weighted by molar-refractivity contribution is -0.305. The molecule has 0 radical (unpaired) electrons. The first kappa shape index (κ1) is 25.0. The van der Waals surface area contributed by atoms with Crippen LogP contribution in [-0.2, 0) is 16.0 Å². The van der Waals surface area contributed by atoms with E-state index in [1.807, 2.05) is 13.0 Å². The van der Waals surface area contributed by atoms with Gasteiger partial charge in [0, 0.05) is 30.3 Å². The molecule has 1 aromatic carbocycles. The number of halogens is 1. The van der Waals surface area contributed by atoms with E-state index in [2.05, 4.69) is 29.3 Å². The van der Waals surface area contributed by atoms with Gasteiger partial charge in [-0.15, -0.1) is 0 Å². The Kier molecular flexibility index (Phi) is 7.60. The Morgan fingerprint density at radius 3 is 2.71 bits per heavy atom. The van der Waals surface area contributed by atoms with Crippen molar-refractivity contribution in [1.82, 2.24) is 10.1 Å². The topological polar surface area (TPSA) is 121 Å². The van der Waals surface area contributed by atoms with E-state index in [1.54, 1.807) is 18.3 Å². The predicted octanol–water partition coefficient (Wildman–Crippen LogP) is 5.01. The molecule has 9 heteroatoms.